The quantitative estimate of drug-likeness (QED) is 0.314. The molecule has 1 atom stereocenters. The lowest BCUT2D eigenvalue weighted by Crippen LogP contribution is -2.42. The Morgan fingerprint density at radius 3 is 2.31 bits per heavy atom. The molecule has 3 aromatic rings. The zero-order valence-corrected chi connectivity index (χ0v) is 23.1. The van der Waals surface area contributed by atoms with Crippen molar-refractivity contribution in [3.05, 3.63) is 70.4 Å². The Balaban J connectivity index is 1.38. The van der Waals surface area contributed by atoms with Crippen LogP contribution in [0.2, 0.25) is 0 Å². The minimum absolute atomic E-state index is 0.231. The molecule has 2 aromatic carbocycles. The maximum Gasteiger partial charge on any atom is 0.308 e. The molecule has 1 unspecified atom stereocenters. The first-order chi connectivity index (χ1) is 18.5. The molecule has 204 valence electrons. The van der Waals surface area contributed by atoms with Crippen molar-refractivity contribution in [1.29, 1.82) is 0 Å². The van der Waals surface area contributed by atoms with Crippen molar-refractivity contribution >= 4 is 29.3 Å². The van der Waals surface area contributed by atoms with E-state index >= 15 is 0 Å². The zero-order valence-electron chi connectivity index (χ0n) is 23.1. The number of hydrogen-bond acceptors (Lipinski definition) is 7. The summed E-state index contributed by atoms with van der Waals surface area (Å²) in [5.74, 6) is 1.60. The third-order valence-electron chi connectivity index (χ3n) is 6.80. The topological polar surface area (TPSA) is 116 Å². The van der Waals surface area contributed by atoms with Crippen LogP contribution in [0.3, 0.4) is 0 Å². The van der Waals surface area contributed by atoms with E-state index in [0.29, 0.717) is 35.2 Å². The monoisotopic (exact) mass is 531 g/mol. The average Bonchev–Trinajstić information content (AvgIpc) is 2.89. The summed E-state index contributed by atoms with van der Waals surface area (Å²) >= 11 is 0. The standard InChI is InChI=1S/C30H33N3O6/c1-17-18(2)28-25(19(3)27(17)38-21(5)35)13-14-30(6,39-28)16-37-24-10-8-23(9-11-24)33-29(36)22-7-12-26(31-15-22)32-20(4)34/h7-12,15H,13-14,16H2,1-6H3,(H,33,36)(H,31,32,34). The lowest BCUT2D eigenvalue weighted by molar-refractivity contribution is -0.132. The summed E-state index contributed by atoms with van der Waals surface area (Å²) in [5, 5.41) is 5.39. The highest BCUT2D eigenvalue weighted by molar-refractivity contribution is 6.04. The van der Waals surface area contributed by atoms with Crippen LogP contribution in [0.15, 0.2) is 42.6 Å². The van der Waals surface area contributed by atoms with Gasteiger partial charge in [0.05, 0.1) is 5.56 Å². The van der Waals surface area contributed by atoms with Gasteiger partial charge in [-0.1, -0.05) is 0 Å². The lowest BCUT2D eigenvalue weighted by atomic mass is 9.87. The van der Waals surface area contributed by atoms with E-state index in [1.807, 2.05) is 27.7 Å². The maximum absolute atomic E-state index is 12.5. The van der Waals surface area contributed by atoms with Gasteiger partial charge in [-0.2, -0.15) is 0 Å². The summed E-state index contributed by atoms with van der Waals surface area (Å²) in [4.78, 5) is 39.3. The van der Waals surface area contributed by atoms with E-state index in [-0.39, 0.29) is 17.8 Å². The van der Waals surface area contributed by atoms with Crippen LogP contribution in [0.25, 0.3) is 0 Å². The fourth-order valence-electron chi connectivity index (χ4n) is 4.54. The Kier molecular flexibility index (Phi) is 7.90. The fourth-order valence-corrected chi connectivity index (χ4v) is 4.54. The molecular formula is C30H33N3O6. The Hall–Kier alpha value is -4.40. The molecule has 2 N–H and O–H groups in total. The van der Waals surface area contributed by atoms with E-state index < -0.39 is 5.60 Å². The van der Waals surface area contributed by atoms with Crippen molar-refractivity contribution in [3.63, 3.8) is 0 Å². The molecule has 1 aliphatic rings. The number of nitrogens with zero attached hydrogens (tertiary/aromatic N) is 1. The molecule has 0 saturated heterocycles. The van der Waals surface area contributed by atoms with Gasteiger partial charge in [-0.25, -0.2) is 4.98 Å². The molecule has 39 heavy (non-hydrogen) atoms. The SMILES string of the molecule is CC(=O)Nc1ccc(C(=O)Nc2ccc(OCC3(C)CCc4c(C)c(OC(C)=O)c(C)c(C)c4O3)cc2)cn1. The van der Waals surface area contributed by atoms with Crippen LogP contribution in [0, 0.1) is 20.8 Å². The van der Waals surface area contributed by atoms with Gasteiger partial charge in [0.2, 0.25) is 5.91 Å². The zero-order chi connectivity index (χ0) is 28.3. The predicted molar refractivity (Wildman–Crippen MR) is 148 cm³/mol. The number of benzene rings is 2. The van der Waals surface area contributed by atoms with E-state index in [1.165, 1.54) is 20.0 Å². The molecule has 0 spiro atoms. The van der Waals surface area contributed by atoms with E-state index in [1.54, 1.807) is 36.4 Å². The van der Waals surface area contributed by atoms with Crippen molar-refractivity contribution in [1.82, 2.24) is 4.98 Å². The summed E-state index contributed by atoms with van der Waals surface area (Å²) in [6.45, 7) is 11.0. The smallest absolute Gasteiger partial charge is 0.308 e. The lowest BCUT2D eigenvalue weighted by Gasteiger charge is -2.37. The third-order valence-corrected chi connectivity index (χ3v) is 6.80. The number of rotatable bonds is 7. The molecule has 0 aliphatic carbocycles. The second kappa shape index (κ2) is 11.1. The number of esters is 1. The first-order valence-electron chi connectivity index (χ1n) is 12.7. The second-order valence-electron chi connectivity index (χ2n) is 10.0. The number of fused-ring (bicyclic) bond motifs is 1. The van der Waals surface area contributed by atoms with Gasteiger partial charge in [-0.05, 0) is 93.6 Å². The molecule has 0 saturated carbocycles. The van der Waals surface area contributed by atoms with Gasteiger partial charge < -0.3 is 24.8 Å². The minimum Gasteiger partial charge on any atom is -0.489 e. The van der Waals surface area contributed by atoms with Crippen molar-refractivity contribution in [2.45, 2.75) is 60.0 Å². The van der Waals surface area contributed by atoms with Gasteiger partial charge in [-0.15, -0.1) is 0 Å². The second-order valence-corrected chi connectivity index (χ2v) is 10.0. The van der Waals surface area contributed by atoms with Crippen LogP contribution in [0.5, 0.6) is 17.2 Å². The normalized spacial score (nSPS) is 15.9. The predicted octanol–water partition coefficient (Wildman–Crippen LogP) is 5.31. The molecule has 2 amide bonds. The summed E-state index contributed by atoms with van der Waals surface area (Å²) in [6.07, 6.45) is 2.93. The average molecular weight is 532 g/mol. The van der Waals surface area contributed by atoms with Crippen LogP contribution < -0.4 is 24.8 Å². The van der Waals surface area contributed by atoms with E-state index in [0.717, 1.165) is 40.8 Å². The molecule has 9 heteroatoms. The molecular weight excluding hydrogens is 498 g/mol. The van der Waals surface area contributed by atoms with Gasteiger partial charge in [0, 0.05) is 31.3 Å². The molecule has 9 nitrogen and oxygen atoms in total. The number of carbonyl (C=O) groups excluding carboxylic acids is 3. The van der Waals surface area contributed by atoms with Gasteiger partial charge in [0.15, 0.2) is 0 Å². The Morgan fingerprint density at radius 2 is 1.69 bits per heavy atom. The minimum atomic E-state index is -0.539. The Morgan fingerprint density at radius 1 is 0.974 bits per heavy atom. The van der Waals surface area contributed by atoms with E-state index in [4.69, 9.17) is 14.2 Å². The summed E-state index contributed by atoms with van der Waals surface area (Å²) in [6, 6.07) is 10.3. The summed E-state index contributed by atoms with van der Waals surface area (Å²) in [7, 11) is 0. The van der Waals surface area contributed by atoms with E-state index in [9.17, 15) is 14.4 Å². The number of pyridine rings is 1. The van der Waals surface area contributed by atoms with Crippen LogP contribution in [0.4, 0.5) is 11.5 Å². The highest BCUT2D eigenvalue weighted by atomic mass is 16.5. The third kappa shape index (κ3) is 6.37. The molecule has 4 rings (SSSR count). The molecule has 0 bridgehead atoms. The molecule has 0 fully saturated rings. The van der Waals surface area contributed by atoms with Crippen molar-refractivity contribution in [2.75, 3.05) is 17.2 Å². The molecule has 1 aromatic heterocycles. The van der Waals surface area contributed by atoms with Gasteiger partial charge in [-0.3, -0.25) is 14.4 Å². The van der Waals surface area contributed by atoms with Crippen molar-refractivity contribution in [2.24, 2.45) is 0 Å². The molecule has 0 radical (unpaired) electrons. The van der Waals surface area contributed by atoms with Crippen LogP contribution in [-0.4, -0.2) is 35.0 Å². The molecule has 1 aliphatic heterocycles. The number of anilines is 2. The van der Waals surface area contributed by atoms with Crippen LogP contribution in [0.1, 0.15) is 59.8 Å². The van der Waals surface area contributed by atoms with Crippen molar-refractivity contribution < 1.29 is 28.6 Å². The van der Waals surface area contributed by atoms with Gasteiger partial charge in [0.1, 0.15) is 35.3 Å². The molecule has 2 heterocycles. The highest BCUT2D eigenvalue weighted by Crippen LogP contribution is 2.44. The number of nitrogens with one attached hydrogen (secondary N) is 2. The number of amides is 2. The van der Waals surface area contributed by atoms with Gasteiger partial charge in [0.25, 0.3) is 5.91 Å². The largest absolute Gasteiger partial charge is 0.489 e. The maximum atomic E-state index is 12.5. The fraction of sp³-hybridized carbons (Fsp3) is 0.333. The summed E-state index contributed by atoms with van der Waals surface area (Å²) < 4.78 is 18.1. The first-order valence-corrected chi connectivity index (χ1v) is 12.7. The Labute approximate surface area is 227 Å². The highest BCUT2D eigenvalue weighted by Gasteiger charge is 2.35. The van der Waals surface area contributed by atoms with Crippen LogP contribution in [-0.2, 0) is 16.0 Å². The van der Waals surface area contributed by atoms with Crippen molar-refractivity contribution in [3.8, 4) is 17.2 Å². The van der Waals surface area contributed by atoms with Gasteiger partial charge >= 0.3 is 5.97 Å². The summed E-state index contributed by atoms with van der Waals surface area (Å²) in [5.41, 5.74) is 4.28. The number of ether oxygens (including phenoxy) is 3. The number of aromatic nitrogens is 1. The Bertz CT molecular complexity index is 1420. The first kappa shape index (κ1) is 27.6. The number of hydrogen-bond donors (Lipinski definition) is 2. The number of carbonyl (C=O) groups is 3. The van der Waals surface area contributed by atoms with E-state index in [2.05, 4.69) is 15.6 Å². The van der Waals surface area contributed by atoms with Crippen LogP contribution >= 0.6 is 0 Å².